The van der Waals surface area contributed by atoms with E-state index in [0.717, 1.165) is 0 Å². The molecule has 0 spiro atoms. The second-order valence-electron chi connectivity index (χ2n) is 5.04. The van der Waals surface area contributed by atoms with Crippen molar-refractivity contribution in [1.82, 2.24) is 5.32 Å². The lowest BCUT2D eigenvalue weighted by Gasteiger charge is -2.14. The Morgan fingerprint density at radius 1 is 1.11 bits per heavy atom. The van der Waals surface area contributed by atoms with Crippen LogP contribution in [0, 0.1) is 10.1 Å². The van der Waals surface area contributed by atoms with Gasteiger partial charge in [-0.1, -0.05) is 18.2 Å². The third kappa shape index (κ3) is 4.23. The minimum atomic E-state index is -5.29. The van der Waals surface area contributed by atoms with E-state index in [0.29, 0.717) is 0 Å². The summed E-state index contributed by atoms with van der Waals surface area (Å²) in [7, 11) is 0. The molecular weight excluding hydrogens is 375 g/mol. The van der Waals surface area contributed by atoms with Gasteiger partial charge in [0.15, 0.2) is 5.75 Å². The van der Waals surface area contributed by atoms with Gasteiger partial charge in [0.2, 0.25) is 5.75 Å². The topological polar surface area (TPSA) is 142 Å². The van der Waals surface area contributed by atoms with Gasteiger partial charge < -0.3 is 15.5 Å². The summed E-state index contributed by atoms with van der Waals surface area (Å²) in [5.41, 5.74) is -5.00. The summed E-state index contributed by atoms with van der Waals surface area (Å²) in [6.07, 6.45) is -5.29. The van der Waals surface area contributed by atoms with Gasteiger partial charge in [-0.25, -0.2) is 4.79 Å². The average molecular weight is 385 g/mol. The number of alkyl halides is 3. The summed E-state index contributed by atoms with van der Waals surface area (Å²) < 4.78 is 39.5. The summed E-state index contributed by atoms with van der Waals surface area (Å²) in [6, 6.07) is 6.20. The Hall–Kier alpha value is -3.83. The molecule has 12 heteroatoms. The number of halogens is 3. The number of nitro benzene ring substituents is 1. The lowest BCUT2D eigenvalue weighted by atomic mass is 10.0. The normalized spacial score (nSPS) is 10.9. The number of anilines is 1. The van der Waals surface area contributed by atoms with Gasteiger partial charge in [-0.05, 0) is 18.2 Å². The van der Waals surface area contributed by atoms with Crippen LogP contribution in [0.15, 0.2) is 36.4 Å². The number of urea groups is 1. The predicted octanol–water partition coefficient (Wildman–Crippen LogP) is 2.99. The first-order valence-corrected chi connectivity index (χ1v) is 7.00. The predicted molar refractivity (Wildman–Crippen MR) is 84.4 cm³/mol. The van der Waals surface area contributed by atoms with Crippen molar-refractivity contribution in [3.63, 3.8) is 0 Å². The van der Waals surface area contributed by atoms with E-state index in [-0.39, 0.29) is 11.8 Å². The summed E-state index contributed by atoms with van der Waals surface area (Å²) in [5, 5.41) is 33.5. The third-order valence-electron chi connectivity index (χ3n) is 3.23. The number of phenolic OH excluding ortho intramolecular Hbond substituents is 2. The second-order valence-corrected chi connectivity index (χ2v) is 5.04. The van der Waals surface area contributed by atoms with Gasteiger partial charge >= 0.3 is 17.9 Å². The van der Waals surface area contributed by atoms with E-state index >= 15 is 0 Å². The molecule has 0 bridgehead atoms. The first-order chi connectivity index (χ1) is 12.5. The Morgan fingerprint density at radius 3 is 2.22 bits per heavy atom. The molecule has 0 radical (unpaired) electrons. The zero-order valence-electron chi connectivity index (χ0n) is 13.1. The molecule has 0 aromatic heterocycles. The maximum atomic E-state index is 13.2. The monoisotopic (exact) mass is 385 g/mol. The molecule has 9 nitrogen and oxygen atoms in total. The summed E-state index contributed by atoms with van der Waals surface area (Å²) in [4.78, 5) is 33.5. The fourth-order valence-electron chi connectivity index (χ4n) is 2.13. The van der Waals surface area contributed by atoms with Crippen LogP contribution in [0.3, 0.4) is 0 Å². The number of hydrogen-bond acceptors (Lipinski definition) is 6. The number of aromatic hydroxyl groups is 2. The number of carbonyl (C=O) groups is 2. The molecule has 27 heavy (non-hydrogen) atoms. The van der Waals surface area contributed by atoms with Gasteiger partial charge in [0.25, 0.3) is 5.91 Å². The van der Waals surface area contributed by atoms with Crippen LogP contribution >= 0.6 is 0 Å². The number of amides is 3. The number of para-hydroxylation sites is 1. The van der Waals surface area contributed by atoms with E-state index in [2.05, 4.69) is 5.32 Å². The Bertz CT molecular complexity index is 915. The van der Waals surface area contributed by atoms with Crippen molar-refractivity contribution in [3.05, 3.63) is 57.6 Å². The molecule has 4 N–H and O–H groups in total. The second kappa shape index (κ2) is 7.19. The maximum Gasteiger partial charge on any atom is 0.417 e. The van der Waals surface area contributed by atoms with Crippen molar-refractivity contribution in [2.24, 2.45) is 0 Å². The molecule has 0 atom stereocenters. The Balaban J connectivity index is 2.46. The van der Waals surface area contributed by atoms with E-state index in [1.54, 1.807) is 6.07 Å². The zero-order valence-corrected chi connectivity index (χ0v) is 13.1. The molecule has 0 aliphatic rings. The van der Waals surface area contributed by atoms with E-state index in [4.69, 9.17) is 0 Å². The smallest absolute Gasteiger partial charge is 0.417 e. The van der Waals surface area contributed by atoms with Crippen molar-refractivity contribution in [2.75, 3.05) is 5.32 Å². The number of carbonyl (C=O) groups excluding carboxylic acids is 2. The Morgan fingerprint density at radius 2 is 1.70 bits per heavy atom. The van der Waals surface area contributed by atoms with E-state index in [1.807, 2.05) is 0 Å². The molecule has 142 valence electrons. The fraction of sp³-hybridized carbons (Fsp3) is 0.0667. The fourth-order valence-corrected chi connectivity index (χ4v) is 2.13. The number of nitrogens with one attached hydrogen (secondary N) is 2. The number of benzene rings is 2. The molecule has 2 aromatic carbocycles. The molecule has 0 saturated heterocycles. The van der Waals surface area contributed by atoms with Crippen molar-refractivity contribution in [3.8, 4) is 11.5 Å². The van der Waals surface area contributed by atoms with Crippen LogP contribution in [0.4, 0.5) is 29.3 Å². The molecule has 0 unspecified atom stereocenters. The first-order valence-electron chi connectivity index (χ1n) is 7.00. The van der Waals surface area contributed by atoms with Crippen LogP contribution in [-0.4, -0.2) is 27.1 Å². The highest BCUT2D eigenvalue weighted by Crippen LogP contribution is 2.45. The first kappa shape index (κ1) is 19.5. The van der Waals surface area contributed by atoms with Crippen LogP contribution in [0.25, 0.3) is 0 Å². The minimum Gasteiger partial charge on any atom is -0.504 e. The van der Waals surface area contributed by atoms with E-state index in [1.165, 1.54) is 29.6 Å². The molecule has 2 rings (SSSR count). The minimum absolute atomic E-state index is 0.0493. The zero-order chi connectivity index (χ0) is 20.4. The van der Waals surface area contributed by atoms with Crippen LogP contribution in [-0.2, 0) is 6.18 Å². The highest BCUT2D eigenvalue weighted by Gasteiger charge is 2.43. The number of nitrogens with zero attached hydrogens (tertiary/aromatic N) is 1. The van der Waals surface area contributed by atoms with Crippen LogP contribution in [0.2, 0.25) is 0 Å². The number of nitro groups is 1. The number of hydrogen-bond donors (Lipinski definition) is 4. The van der Waals surface area contributed by atoms with Crippen molar-refractivity contribution >= 4 is 23.3 Å². The molecule has 0 heterocycles. The highest BCUT2D eigenvalue weighted by atomic mass is 19.4. The standard InChI is InChI=1S/C15H10F3N3O6/c16-15(17,18)8-6-9(22)12(23)11(21(26)27)10(8)13(24)20-14(25)19-7-4-2-1-3-5-7/h1-6,22-23H,(H2,19,20,24,25). The van der Waals surface area contributed by atoms with Crippen LogP contribution < -0.4 is 10.6 Å². The van der Waals surface area contributed by atoms with Gasteiger partial charge in [-0.15, -0.1) is 0 Å². The largest absolute Gasteiger partial charge is 0.504 e. The highest BCUT2D eigenvalue weighted by molar-refractivity contribution is 6.11. The van der Waals surface area contributed by atoms with Crippen LogP contribution in [0.5, 0.6) is 11.5 Å². The lowest BCUT2D eigenvalue weighted by Crippen LogP contribution is -2.36. The quantitative estimate of drug-likeness (QED) is 0.364. The summed E-state index contributed by atoms with van der Waals surface area (Å²) >= 11 is 0. The van der Waals surface area contributed by atoms with Gasteiger partial charge in [-0.3, -0.25) is 20.2 Å². The molecule has 2 aromatic rings. The van der Waals surface area contributed by atoms with Crippen molar-refractivity contribution in [1.29, 1.82) is 0 Å². The average Bonchev–Trinajstić information content (AvgIpc) is 2.56. The molecular formula is C15H10F3N3O6. The molecule has 0 aliphatic heterocycles. The van der Waals surface area contributed by atoms with Crippen molar-refractivity contribution in [2.45, 2.75) is 6.18 Å². The maximum absolute atomic E-state index is 13.2. The van der Waals surface area contributed by atoms with E-state index in [9.17, 15) is 43.1 Å². The van der Waals surface area contributed by atoms with Gasteiger partial charge in [0.1, 0.15) is 5.56 Å². The number of phenols is 2. The lowest BCUT2D eigenvalue weighted by molar-refractivity contribution is -0.386. The Labute approximate surface area is 148 Å². The molecule has 3 amide bonds. The van der Waals surface area contributed by atoms with Gasteiger partial charge in [0.05, 0.1) is 10.5 Å². The summed E-state index contributed by atoms with van der Waals surface area (Å²) in [5.74, 6) is -4.78. The van der Waals surface area contributed by atoms with Gasteiger partial charge in [0, 0.05) is 5.69 Å². The van der Waals surface area contributed by atoms with Gasteiger partial charge in [-0.2, -0.15) is 13.2 Å². The molecule has 0 fully saturated rings. The van der Waals surface area contributed by atoms with E-state index < -0.39 is 51.4 Å². The van der Waals surface area contributed by atoms with Crippen molar-refractivity contribution < 1.29 is 37.9 Å². The third-order valence-corrected chi connectivity index (χ3v) is 3.23. The number of imide groups is 1. The summed E-state index contributed by atoms with van der Waals surface area (Å²) in [6.45, 7) is 0. The SMILES string of the molecule is O=C(NC(=O)c1c(C(F)(F)F)cc(O)c(O)c1[N+](=O)[O-])Nc1ccccc1. The number of rotatable bonds is 3. The molecule has 0 aliphatic carbocycles. The van der Waals surface area contributed by atoms with Crippen LogP contribution in [0.1, 0.15) is 15.9 Å². The molecule has 0 saturated carbocycles. The Kier molecular flexibility index (Phi) is 5.19.